The fourth-order valence-corrected chi connectivity index (χ4v) is 7.75. The van der Waals surface area contributed by atoms with Crippen molar-refractivity contribution >= 4 is 14.4 Å². The van der Waals surface area contributed by atoms with Crippen LogP contribution in [0.2, 0.25) is 0 Å². The monoisotopic (exact) mass is 693 g/mol. The minimum Gasteiger partial charge on any atom is -1.00 e. The molecule has 0 heterocycles. The van der Waals surface area contributed by atoms with E-state index in [2.05, 4.69) is 145 Å². The molecular formula is C41H41Cl2Zr. The molecule has 0 fully saturated rings. The molecule has 0 nitrogen and oxygen atoms in total. The van der Waals surface area contributed by atoms with Crippen LogP contribution in [0.4, 0.5) is 0 Å². The van der Waals surface area contributed by atoms with E-state index < -0.39 is 0 Å². The maximum Gasteiger partial charge on any atom is -1.00 e. The molecule has 0 aromatic heterocycles. The van der Waals surface area contributed by atoms with Crippen molar-refractivity contribution in [1.29, 1.82) is 0 Å². The second-order valence-electron chi connectivity index (χ2n) is 14.0. The zero-order chi connectivity index (χ0) is 29.6. The number of hydrogen-bond acceptors (Lipinski definition) is 0. The van der Waals surface area contributed by atoms with Gasteiger partial charge in [-0.1, -0.05) is 0 Å². The van der Waals surface area contributed by atoms with Crippen LogP contribution in [0.1, 0.15) is 81.3 Å². The zero-order valence-electron chi connectivity index (χ0n) is 26.7. The SMILES string of the molecule is CC(C)(C)c1ccc2c(c1)=c1cc(C(C)(C)C)c(=C(Cc3ccccc3)Cc3ccccc3)c(C3=CC=CC3)c1[C]=2[Zr+2].[Cl-].[Cl-]. The molecule has 0 spiro atoms. The molecule has 3 heteroatoms. The summed E-state index contributed by atoms with van der Waals surface area (Å²) in [4.78, 5) is 0. The van der Waals surface area contributed by atoms with Gasteiger partial charge in [-0.05, 0) is 0 Å². The topological polar surface area (TPSA) is 0 Å². The van der Waals surface area contributed by atoms with Gasteiger partial charge in [0.2, 0.25) is 0 Å². The molecule has 0 atom stereocenters. The van der Waals surface area contributed by atoms with Crippen molar-refractivity contribution in [3.63, 3.8) is 0 Å². The van der Waals surface area contributed by atoms with Gasteiger partial charge in [0.1, 0.15) is 0 Å². The molecule has 0 bridgehead atoms. The normalized spacial score (nSPS) is 13.5. The van der Waals surface area contributed by atoms with Gasteiger partial charge in [-0.25, -0.2) is 0 Å². The van der Waals surface area contributed by atoms with Crippen LogP contribution in [0, 0.1) is 10.4 Å². The Morgan fingerprint density at radius 1 is 0.659 bits per heavy atom. The Labute approximate surface area is 291 Å². The van der Waals surface area contributed by atoms with Crippen LogP contribution in [0.15, 0.2) is 103 Å². The molecule has 0 saturated carbocycles. The molecule has 44 heavy (non-hydrogen) atoms. The van der Waals surface area contributed by atoms with Crippen molar-refractivity contribution in [2.75, 3.05) is 0 Å². The van der Waals surface area contributed by atoms with Gasteiger partial charge < -0.3 is 24.8 Å². The number of allylic oxidation sites excluding steroid dienone is 4. The minimum atomic E-state index is -0.0178. The van der Waals surface area contributed by atoms with E-state index in [1.165, 1.54) is 93.4 Å². The van der Waals surface area contributed by atoms with E-state index in [9.17, 15) is 0 Å². The second-order valence-corrected chi connectivity index (χ2v) is 15.2. The Bertz CT molecular complexity index is 1910. The first-order valence-corrected chi connectivity index (χ1v) is 16.5. The maximum absolute atomic E-state index is 2.58. The molecule has 0 aliphatic heterocycles. The van der Waals surface area contributed by atoms with Gasteiger partial charge in [0, 0.05) is 0 Å². The maximum atomic E-state index is 2.58. The molecule has 223 valence electrons. The third-order valence-electron chi connectivity index (χ3n) is 8.80. The number of fused-ring (bicyclic) bond motifs is 2. The van der Waals surface area contributed by atoms with Gasteiger partial charge >= 0.3 is 268 Å². The quantitative estimate of drug-likeness (QED) is 0.302. The predicted octanol–water partition coefficient (Wildman–Crippen LogP) is 2.57. The van der Waals surface area contributed by atoms with Crippen molar-refractivity contribution in [2.45, 2.75) is 71.6 Å². The number of rotatable bonds is 5. The van der Waals surface area contributed by atoms with E-state index in [0.717, 1.165) is 19.3 Å². The number of benzene rings is 4. The summed E-state index contributed by atoms with van der Waals surface area (Å²) in [5.41, 5.74) is 11.6. The largest absolute Gasteiger partial charge is 1.00 e. The molecule has 6 rings (SSSR count). The Morgan fingerprint density at radius 2 is 1.25 bits per heavy atom. The first-order chi connectivity index (χ1) is 20.0. The molecule has 2 aliphatic carbocycles. The summed E-state index contributed by atoms with van der Waals surface area (Å²) in [6, 6.07) is 32.0. The Kier molecular flexibility index (Phi) is 10.6. The van der Waals surface area contributed by atoms with E-state index in [4.69, 9.17) is 0 Å². The van der Waals surface area contributed by atoms with Crippen LogP contribution in [0.25, 0.3) is 14.4 Å². The fraction of sp³-hybridized carbons (Fsp3) is 0.268. The third-order valence-corrected chi connectivity index (χ3v) is 10.1. The van der Waals surface area contributed by atoms with E-state index in [0.29, 0.717) is 0 Å². The molecule has 2 aliphatic rings. The van der Waals surface area contributed by atoms with Crippen LogP contribution in [-0.2, 0) is 48.4 Å². The summed E-state index contributed by atoms with van der Waals surface area (Å²) in [6.45, 7) is 14.2. The average Bonchev–Trinajstić information content (AvgIpc) is 3.59. The molecular weight excluding hydrogens is 655 g/mol. The number of halogens is 2. The smallest absolute Gasteiger partial charge is 1.00 e. The van der Waals surface area contributed by atoms with Gasteiger partial charge in [0.05, 0.1) is 0 Å². The van der Waals surface area contributed by atoms with Crippen molar-refractivity contribution in [2.24, 2.45) is 0 Å². The summed E-state index contributed by atoms with van der Waals surface area (Å²) < 4.78 is 1.50. The minimum absolute atomic E-state index is 0. The van der Waals surface area contributed by atoms with Crippen molar-refractivity contribution in [1.82, 2.24) is 0 Å². The van der Waals surface area contributed by atoms with E-state index >= 15 is 0 Å². The van der Waals surface area contributed by atoms with Gasteiger partial charge in [-0.3, -0.25) is 0 Å². The van der Waals surface area contributed by atoms with Gasteiger partial charge in [-0.15, -0.1) is 0 Å². The second kappa shape index (κ2) is 13.5. The molecule has 0 unspecified atom stereocenters. The third kappa shape index (κ3) is 6.72. The fourth-order valence-electron chi connectivity index (χ4n) is 6.58. The molecule has 0 saturated heterocycles. The molecule has 4 aromatic rings. The predicted molar refractivity (Wildman–Crippen MR) is 175 cm³/mol. The van der Waals surface area contributed by atoms with E-state index in [-0.39, 0.29) is 35.6 Å². The van der Waals surface area contributed by atoms with Crippen molar-refractivity contribution in [3.8, 4) is 0 Å². The van der Waals surface area contributed by atoms with Crippen molar-refractivity contribution in [3.05, 3.63) is 157 Å². The summed E-state index contributed by atoms with van der Waals surface area (Å²) in [5, 5.41) is 5.75. The van der Waals surface area contributed by atoms with E-state index in [1.807, 2.05) is 0 Å². The van der Waals surface area contributed by atoms with E-state index in [1.54, 1.807) is 0 Å². The molecule has 0 amide bonds. The average molecular weight is 696 g/mol. The molecule has 4 aromatic carbocycles. The van der Waals surface area contributed by atoms with Gasteiger partial charge in [0.25, 0.3) is 0 Å². The summed E-state index contributed by atoms with van der Waals surface area (Å²) in [6.07, 6.45) is 9.83. The first-order valence-electron chi connectivity index (χ1n) is 15.3. The van der Waals surface area contributed by atoms with Gasteiger partial charge in [0.15, 0.2) is 0 Å². The van der Waals surface area contributed by atoms with Crippen LogP contribution in [0.3, 0.4) is 0 Å². The molecule has 0 radical (unpaired) electrons. The molecule has 0 N–H and O–H groups in total. The Balaban J connectivity index is 0.00000221. The standard InChI is InChI=1S/C41H41.2ClH.Zr/c1-40(2,3)33-22-21-31-25-36-35(34(31)26-33)27-37(41(4,5)6)39(38(36)30-19-13-14-20-30)32(23-28-15-9-7-10-16-28)24-29-17-11-8-12-18-29;;;/h7-19,21-22,26-27H,20,23-24H2,1-6H3;2*1H;/q;;;+2/p-2. The Hall–Kier alpha value is -2.44. The van der Waals surface area contributed by atoms with Crippen LogP contribution in [-0.4, -0.2) is 0 Å². The van der Waals surface area contributed by atoms with Gasteiger partial charge in [-0.2, -0.15) is 0 Å². The van der Waals surface area contributed by atoms with Crippen LogP contribution >= 0.6 is 0 Å². The summed E-state index contributed by atoms with van der Waals surface area (Å²) in [7, 11) is 0. The number of hydrogen-bond donors (Lipinski definition) is 0. The van der Waals surface area contributed by atoms with Crippen LogP contribution < -0.4 is 35.3 Å². The van der Waals surface area contributed by atoms with Crippen molar-refractivity contribution < 1.29 is 49.5 Å². The summed E-state index contributed by atoms with van der Waals surface area (Å²) >= 11 is 1.48. The first kappa shape index (κ1) is 34.4. The summed E-state index contributed by atoms with van der Waals surface area (Å²) in [5.74, 6) is 0. The van der Waals surface area contributed by atoms with Crippen LogP contribution in [0.5, 0.6) is 0 Å². The zero-order valence-corrected chi connectivity index (χ0v) is 30.7. The Morgan fingerprint density at radius 3 is 1.75 bits per heavy atom.